The van der Waals surface area contributed by atoms with Gasteiger partial charge in [-0.05, 0) is 148 Å². The van der Waals surface area contributed by atoms with E-state index in [0.717, 1.165) is 11.1 Å². The van der Waals surface area contributed by atoms with Crippen LogP contribution in [0.1, 0.15) is 115 Å². The molecule has 4 aromatic heterocycles. The minimum absolute atomic E-state index is 0.0448. The van der Waals surface area contributed by atoms with Gasteiger partial charge in [0.25, 0.3) is 47.3 Å². The number of anilines is 4. The van der Waals surface area contributed by atoms with Crippen molar-refractivity contribution in [2.45, 2.75) is 87.1 Å². The predicted molar refractivity (Wildman–Crippen MR) is 511 cm³/mol. The van der Waals surface area contributed by atoms with Crippen LogP contribution in [0, 0.1) is 47.4 Å². The summed E-state index contributed by atoms with van der Waals surface area (Å²) in [7, 11) is 6.41. The molecule has 8 amide bonds. The molecule has 0 aliphatic carbocycles. The highest BCUT2D eigenvalue weighted by Crippen LogP contribution is 2.37. The van der Waals surface area contributed by atoms with Crippen LogP contribution < -0.4 is 69.3 Å². The summed E-state index contributed by atoms with van der Waals surface area (Å²) in [5.41, 5.74) is 2.25. The van der Waals surface area contributed by atoms with Crippen LogP contribution in [0.3, 0.4) is 0 Å². The third-order valence-corrected chi connectivity index (χ3v) is 21.7. The minimum Gasteiger partial charge on any atom is -0.489 e. The fourth-order valence-electron chi connectivity index (χ4n) is 14.2. The van der Waals surface area contributed by atoms with Gasteiger partial charge in [-0.15, -0.1) is 10.2 Å². The molecule has 0 spiro atoms. The number of hydrogen-bond acceptors (Lipinski definition) is 26. The Labute approximate surface area is 804 Å². The summed E-state index contributed by atoms with van der Waals surface area (Å²) in [5, 5.41) is 64.1. The van der Waals surface area contributed by atoms with Crippen LogP contribution in [0.4, 0.5) is 22.7 Å². The van der Waals surface area contributed by atoms with Crippen molar-refractivity contribution in [3.63, 3.8) is 0 Å². The Balaban J connectivity index is 0.000000141. The van der Waals surface area contributed by atoms with E-state index in [-0.39, 0.29) is 99.5 Å². The second-order valence-corrected chi connectivity index (χ2v) is 34.0. The number of pyridine rings is 2. The maximum Gasteiger partial charge on any atom is 0.291 e. The highest BCUT2D eigenvalue weighted by Gasteiger charge is 2.39. The van der Waals surface area contributed by atoms with E-state index in [4.69, 9.17) is 37.9 Å². The molecule has 0 saturated carbocycles. The Morgan fingerprint density at radius 1 is 0.400 bits per heavy atom. The van der Waals surface area contributed by atoms with E-state index in [0.29, 0.717) is 115 Å². The molecule has 140 heavy (non-hydrogen) atoms. The van der Waals surface area contributed by atoms with Crippen molar-refractivity contribution >= 4 is 70.0 Å². The zero-order valence-corrected chi connectivity index (χ0v) is 77.1. The third-order valence-electron chi connectivity index (χ3n) is 21.7. The first-order valence-corrected chi connectivity index (χ1v) is 44.1. The molecule has 712 valence electrons. The van der Waals surface area contributed by atoms with E-state index in [1.807, 2.05) is 97.1 Å². The minimum atomic E-state index is -1.14. The Bertz CT molecular complexity index is 6490. The van der Waals surface area contributed by atoms with E-state index in [1.54, 1.807) is 165 Å². The number of ether oxygens (including phenoxy) is 8. The molecule has 2 fully saturated rings. The smallest absolute Gasteiger partial charge is 0.291 e. The third kappa shape index (κ3) is 25.5. The molecular formula is C104H96N16O20. The maximum atomic E-state index is 13.1. The predicted octanol–water partition coefficient (Wildman–Crippen LogP) is 7.62. The monoisotopic (exact) mass is 1890 g/mol. The van der Waals surface area contributed by atoms with Crippen LogP contribution in [0.2, 0.25) is 0 Å². The molecule has 2 saturated heterocycles. The average Bonchev–Trinajstić information content (AvgIpc) is 1.67. The number of carbonyl (C=O) groups is 8. The summed E-state index contributed by atoms with van der Waals surface area (Å²) < 4.78 is 44.8. The number of fused-ring (bicyclic) bond motifs is 4. The topological polar surface area (TPSA) is 461 Å². The number of H-pyrrole nitrogens is 2. The van der Waals surface area contributed by atoms with Crippen molar-refractivity contribution in [2.24, 2.45) is 0 Å². The Morgan fingerprint density at radius 3 is 0.986 bits per heavy atom. The number of aromatic amines is 2. The van der Waals surface area contributed by atoms with Crippen molar-refractivity contribution in [1.82, 2.24) is 61.6 Å². The highest BCUT2D eigenvalue weighted by molar-refractivity contribution is 6.06. The molecule has 18 rings (SSSR count). The first kappa shape index (κ1) is 97.4. The van der Waals surface area contributed by atoms with Gasteiger partial charge in [-0.1, -0.05) is 144 Å². The Kier molecular flexibility index (Phi) is 30.1. The van der Waals surface area contributed by atoms with Crippen molar-refractivity contribution in [2.75, 3.05) is 101 Å². The van der Waals surface area contributed by atoms with Crippen LogP contribution >= 0.6 is 0 Å². The Hall–Kier alpha value is -17.1. The van der Waals surface area contributed by atoms with Gasteiger partial charge in [-0.3, -0.25) is 58.5 Å². The zero-order chi connectivity index (χ0) is 98.8. The van der Waals surface area contributed by atoms with Crippen molar-refractivity contribution < 1.29 is 96.7 Å². The first-order valence-electron chi connectivity index (χ1n) is 44.1. The molecule has 4 atom stereocenters. The van der Waals surface area contributed by atoms with Gasteiger partial charge in [0.15, 0.2) is 11.2 Å². The summed E-state index contributed by atoms with van der Waals surface area (Å²) in [4.78, 5) is 126. The van der Waals surface area contributed by atoms with E-state index >= 15 is 0 Å². The number of likely N-dealkylation sites (N-methyl/N-ethyl adjacent to an activating group) is 4. The van der Waals surface area contributed by atoms with E-state index in [1.165, 1.54) is 44.1 Å². The van der Waals surface area contributed by atoms with Crippen LogP contribution in [-0.2, 0) is 41.5 Å². The molecule has 10 N–H and O–H groups in total. The second kappa shape index (κ2) is 43.3. The van der Waals surface area contributed by atoms with E-state index in [9.17, 15) is 58.8 Å². The fraction of sp³-hybridized carbons (Fsp3) is 0.250. The van der Waals surface area contributed by atoms with Crippen LogP contribution in [0.5, 0.6) is 46.0 Å². The van der Waals surface area contributed by atoms with Gasteiger partial charge in [0, 0.05) is 87.8 Å². The molecule has 10 heterocycles. The molecule has 12 aromatic rings. The molecule has 0 bridgehead atoms. The lowest BCUT2D eigenvalue weighted by Crippen LogP contribution is -2.49. The Morgan fingerprint density at radius 2 is 0.693 bits per heavy atom. The zero-order valence-electron chi connectivity index (χ0n) is 77.1. The molecule has 36 heteroatoms. The summed E-state index contributed by atoms with van der Waals surface area (Å²) in [6, 6.07) is 61.0. The summed E-state index contributed by atoms with van der Waals surface area (Å²) in [6.07, 6.45) is 3.94. The van der Waals surface area contributed by atoms with Crippen molar-refractivity contribution in [1.29, 1.82) is 0 Å². The lowest BCUT2D eigenvalue weighted by Gasteiger charge is -2.30. The molecule has 6 aliphatic heterocycles. The molecular weight excluding hydrogens is 1790 g/mol. The van der Waals surface area contributed by atoms with Gasteiger partial charge in [0.05, 0.1) is 49.2 Å². The molecule has 36 nitrogen and oxygen atoms in total. The molecule has 6 aliphatic rings. The number of amides is 8. The van der Waals surface area contributed by atoms with Crippen LogP contribution in [0.25, 0.3) is 0 Å². The quantitative estimate of drug-likeness (QED) is 0.0416. The van der Waals surface area contributed by atoms with Crippen molar-refractivity contribution in [3.05, 3.63) is 299 Å². The number of nitrogens with one attached hydrogen (secondary N) is 6. The average molecular weight is 1890 g/mol. The number of nitrogens with zero attached hydrogens (tertiary/aromatic N) is 10. The van der Waals surface area contributed by atoms with Gasteiger partial charge in [0.2, 0.25) is 11.6 Å². The summed E-state index contributed by atoms with van der Waals surface area (Å²) >= 11 is 0. The number of rotatable bonds is 16. The fourth-order valence-corrected chi connectivity index (χ4v) is 14.2. The molecule has 2 unspecified atom stereocenters. The second-order valence-electron chi connectivity index (χ2n) is 34.0. The summed E-state index contributed by atoms with van der Waals surface area (Å²) in [5.74, 6) is 24.2. The largest absolute Gasteiger partial charge is 0.489 e. The standard InChI is InChI=1S/2C27H25N3O5.2C25H23N5O5/c2*1-27(2,33)13-11-18-9-10-24-23(15-18)30(3)26(32)22(17-34-24)29-25(31)21-16-20(12-14-28-21)35-19-7-5-4-6-8-19;2*1-30-19-11-17(9-10-25(33)14-34-15-25)7-8-20(19)35-13-18(24(30)32)26-23(31)22-27-21(28-29-22)12-16-5-3-2-4-6-16/h2*4-10,12,14-16,22,33H,17H2,1-3H3,(H,29,31);2*2-8,11,18,33H,12-15H2,1H3,(H,26,31)(H,27,28,29)/t22-;;18-;/m1.1./s1. The first-order chi connectivity index (χ1) is 67.2. The van der Waals surface area contributed by atoms with Gasteiger partial charge in [-0.25, -0.2) is 9.97 Å². The van der Waals surface area contributed by atoms with Gasteiger partial charge in [0.1, 0.15) is 131 Å². The van der Waals surface area contributed by atoms with Gasteiger partial charge >= 0.3 is 0 Å². The maximum absolute atomic E-state index is 13.1. The number of carbonyl (C=O) groups excluding carboxylic acids is 8. The number of hydrogen-bond donors (Lipinski definition) is 10. The van der Waals surface area contributed by atoms with Gasteiger partial charge in [-0.2, -0.15) is 0 Å². The van der Waals surface area contributed by atoms with E-state index < -0.39 is 70.2 Å². The number of aromatic nitrogens is 8. The number of aliphatic hydroxyl groups is 4. The number of para-hydroxylation sites is 2. The van der Waals surface area contributed by atoms with Gasteiger partial charge < -0.3 is 99.2 Å². The summed E-state index contributed by atoms with van der Waals surface area (Å²) in [6.45, 7) is 6.87. The van der Waals surface area contributed by atoms with Crippen LogP contribution in [-0.4, -0.2) is 236 Å². The normalized spacial score (nSPS) is 16.7. The SMILES string of the molecule is CN1C(=O)C(NC(=O)c2cc(Oc3ccccc3)ccn2)COc2ccc(C#CC(C)(C)O)cc21.CN1C(=O)C(NC(=O)c2n[nH]c(Cc3ccccc3)n2)COc2ccc(C#CC3(O)COC3)cc21.CN1C(=O)[C@H](NC(=O)c2cc(Oc3ccccc3)ccn2)COc2ccc(C#CC(C)(C)O)cc21.CN1C(=O)[C@H](NC(=O)c2n[nH]c(Cc3ccccc3)n2)COc2ccc(C#CC3(O)COC3)cc21. The van der Waals surface area contributed by atoms with Crippen molar-refractivity contribution in [3.8, 4) is 93.4 Å². The molecule has 0 radical (unpaired) electrons. The van der Waals surface area contributed by atoms with Crippen LogP contribution in [0.15, 0.2) is 231 Å². The highest BCUT2D eigenvalue weighted by atomic mass is 16.5. The lowest BCUT2D eigenvalue weighted by atomic mass is 10.0. The number of benzene rings is 8. The lowest BCUT2D eigenvalue weighted by molar-refractivity contribution is -0.140. The van der Waals surface area contributed by atoms with E-state index in [2.05, 4.69) is 109 Å². The molecule has 8 aromatic carbocycles.